The second kappa shape index (κ2) is 2.57. The fourth-order valence-corrected chi connectivity index (χ4v) is 0. The average molecular weight is 354 g/mol. The molecule has 0 aliphatic carbocycles. The zero-order chi connectivity index (χ0) is 3.58. The molecule has 0 saturated carbocycles. The van der Waals surface area contributed by atoms with Gasteiger partial charge in [0, 0.05) is 0 Å². The Morgan fingerprint density at radius 1 is 1.50 bits per heavy atom. The zero-order valence-electron chi connectivity index (χ0n) is 1.85. The summed E-state index contributed by atoms with van der Waals surface area (Å²) in [5.41, 5.74) is 0. The molecule has 4 heavy (non-hydrogen) atoms. The quantitative estimate of drug-likeness (QED) is 0.588. The molecule has 0 unspecified atom stereocenters. The van der Waals surface area contributed by atoms with Gasteiger partial charge in [-0.25, -0.2) is 0 Å². The van der Waals surface area contributed by atoms with E-state index >= 15 is 0 Å². The molecule has 0 bridgehead atoms. The van der Waals surface area contributed by atoms with Crippen molar-refractivity contribution in [2.24, 2.45) is 8.58 Å². The molecule has 0 saturated heterocycles. The summed E-state index contributed by atoms with van der Waals surface area (Å²) in [5.74, 6) is 0. The van der Waals surface area contributed by atoms with Gasteiger partial charge in [-0.05, 0) is 0 Å². The molecule has 0 aliphatic rings. The number of hydrogen-bond acceptors (Lipinski definition) is 2. The van der Waals surface area contributed by atoms with E-state index in [1.165, 1.54) is 0 Å². The predicted octanol–water partition coefficient (Wildman–Crippen LogP) is -0.298. The first-order valence-electron chi connectivity index (χ1n) is 0.485. The van der Waals surface area contributed by atoms with E-state index in [1.807, 2.05) is 0 Å². The normalized spacial score (nSPS) is 11.2. The molecule has 0 fully saturated rings. The molecule has 0 aromatic rings. The van der Waals surface area contributed by atoms with Crippen molar-refractivity contribution in [3.05, 3.63) is 0 Å². The van der Waals surface area contributed by atoms with Crippen LogP contribution >= 0.6 is 19.4 Å². The van der Waals surface area contributed by atoms with Gasteiger partial charge in [-0.2, -0.15) is 0 Å². The first-order chi connectivity index (χ1) is 1.73. The summed E-state index contributed by atoms with van der Waals surface area (Å²) < 4.78 is 10.1. The molecule has 0 aromatic heterocycles. The third-order valence-electron chi connectivity index (χ3n) is 0. The molecule has 2 nitrogen and oxygen atoms in total. The minimum atomic E-state index is -1.30. The van der Waals surface area contributed by atoms with Gasteiger partial charge in [0.2, 0.25) is 0 Å². The van der Waals surface area contributed by atoms with Gasteiger partial charge in [0.25, 0.3) is 0 Å². The van der Waals surface area contributed by atoms with Gasteiger partial charge in [-0.3, -0.25) is 0 Å². The Morgan fingerprint density at radius 2 is 1.50 bits per heavy atom. The van der Waals surface area contributed by atoms with Crippen molar-refractivity contribution in [1.29, 1.82) is 0 Å². The van der Waals surface area contributed by atoms with Crippen molar-refractivity contribution < 1.29 is 14.1 Å². The Balaban J connectivity index is 2.32. The van der Waals surface area contributed by atoms with Gasteiger partial charge < -0.3 is 0 Å². The molecule has 0 atom stereocenters. The summed E-state index contributed by atoms with van der Waals surface area (Å²) in [4.78, 5) is 0. The van der Waals surface area contributed by atoms with Gasteiger partial charge >= 0.3 is 42.1 Å². The fraction of sp³-hybridized carbons (Fsp3) is 0. The Bertz CT molecular complexity index is 10.8. The second-order valence-electron chi connectivity index (χ2n) is 0.243. The van der Waals surface area contributed by atoms with E-state index in [2.05, 4.69) is 19.4 Å². The second-order valence-corrected chi connectivity index (χ2v) is 8.44. The van der Waals surface area contributed by atoms with Crippen LogP contribution in [-0.2, 0) is 14.1 Å². The van der Waals surface area contributed by atoms with Crippen molar-refractivity contribution >= 4 is 19.4 Å². The van der Waals surface area contributed by atoms with Crippen molar-refractivity contribution in [3.63, 3.8) is 0 Å². The molecule has 0 aromatic carbocycles. The molecule has 0 amide bonds. The molecule has 0 heterocycles. The molecular formula is H4IN2Pt. The van der Waals surface area contributed by atoms with Crippen molar-refractivity contribution in [3.8, 4) is 0 Å². The maximum absolute atomic E-state index is 5.03. The van der Waals surface area contributed by atoms with Crippen LogP contribution in [0.25, 0.3) is 0 Å². The molecule has 0 radical (unpaired) electrons. The topological polar surface area (TPSA) is 52.0 Å². The predicted molar refractivity (Wildman–Crippen MR) is 22.4 cm³/mol. The summed E-state index contributed by atoms with van der Waals surface area (Å²) >= 11 is 0.758. The van der Waals surface area contributed by atoms with Gasteiger partial charge in [0.1, 0.15) is 0 Å². The van der Waals surface area contributed by atoms with Crippen LogP contribution in [0.15, 0.2) is 0 Å². The van der Waals surface area contributed by atoms with Gasteiger partial charge in [-0.15, -0.1) is 0 Å². The Morgan fingerprint density at radius 3 is 1.50 bits per heavy atom. The summed E-state index contributed by atoms with van der Waals surface area (Å²) in [7, 11) is 0. The Hall–Kier alpha value is 1.34. The average Bonchev–Trinajstić information content (AvgIpc) is 0.811. The van der Waals surface area contributed by atoms with Crippen molar-refractivity contribution in [2.75, 3.05) is 0 Å². The van der Waals surface area contributed by atoms with Gasteiger partial charge in [-0.1, -0.05) is 0 Å². The van der Waals surface area contributed by atoms with E-state index in [0.717, 1.165) is 0 Å². The molecule has 0 rings (SSSR count). The first-order valence-corrected chi connectivity index (χ1v) is 9.55. The van der Waals surface area contributed by atoms with Crippen LogP contribution in [0.5, 0.6) is 0 Å². The summed E-state index contributed by atoms with van der Waals surface area (Å²) in [6, 6.07) is 0. The van der Waals surface area contributed by atoms with Crippen molar-refractivity contribution in [1.82, 2.24) is 0 Å². The van der Waals surface area contributed by atoms with Crippen LogP contribution in [0.1, 0.15) is 0 Å². The summed E-state index contributed by atoms with van der Waals surface area (Å²) in [5, 5.41) is 0. The molecule has 4 heteroatoms. The van der Waals surface area contributed by atoms with E-state index in [0.29, 0.717) is 0 Å². The van der Waals surface area contributed by atoms with Crippen LogP contribution in [0.3, 0.4) is 0 Å². The zero-order valence-corrected chi connectivity index (χ0v) is 6.28. The van der Waals surface area contributed by atoms with Gasteiger partial charge in [0.05, 0.1) is 0 Å². The standard InChI is InChI=1S/HI.2H2N.Pt/h1H;2*1H2;/q;2*-1;+3/p-1. The van der Waals surface area contributed by atoms with E-state index < -0.39 is 14.1 Å². The molecule has 0 aliphatic heterocycles. The number of halogens is 1. The minimum absolute atomic E-state index is 1.30. The van der Waals surface area contributed by atoms with Crippen LogP contribution in [0.4, 0.5) is 0 Å². The number of hydrogen-bond donors (Lipinski definition) is 2. The van der Waals surface area contributed by atoms with Crippen LogP contribution < -0.4 is 8.58 Å². The van der Waals surface area contributed by atoms with Crippen LogP contribution in [-0.4, -0.2) is 0 Å². The van der Waals surface area contributed by atoms with E-state index in [4.69, 9.17) is 8.58 Å². The van der Waals surface area contributed by atoms with E-state index in [1.54, 1.807) is 0 Å². The van der Waals surface area contributed by atoms with Gasteiger partial charge in [0.15, 0.2) is 0 Å². The van der Waals surface area contributed by atoms with E-state index in [9.17, 15) is 0 Å². The molecule has 31 valence electrons. The molecule has 0 spiro atoms. The Kier molecular flexibility index (Phi) is 3.43. The fourth-order valence-electron chi connectivity index (χ4n) is 0. The first kappa shape index (κ1) is 5.34. The third-order valence-corrected chi connectivity index (χ3v) is 0. The maximum atomic E-state index is 5.03. The van der Waals surface area contributed by atoms with E-state index in [-0.39, 0.29) is 0 Å². The number of rotatable bonds is 0. The van der Waals surface area contributed by atoms with Crippen LogP contribution in [0.2, 0.25) is 0 Å². The molecular weight excluding hydrogens is 350 g/mol. The van der Waals surface area contributed by atoms with Crippen LogP contribution in [0, 0.1) is 0 Å². The number of nitrogens with two attached hydrogens (primary N) is 2. The third kappa shape index (κ3) is 10.2. The molecule has 4 N–H and O–H groups in total. The Labute approximate surface area is 41.9 Å². The summed E-state index contributed by atoms with van der Waals surface area (Å²) in [6.07, 6.45) is 0. The SMILES string of the molecule is [NH2][Pt]([NH2])[I]. The van der Waals surface area contributed by atoms with Crippen molar-refractivity contribution in [2.45, 2.75) is 0 Å². The summed E-state index contributed by atoms with van der Waals surface area (Å²) in [6.45, 7) is 0. The monoisotopic (exact) mass is 354 g/mol.